The number of rotatable bonds is 4. The Kier molecular flexibility index (Phi) is 4.38. The number of sulfonamides is 1. The van der Waals surface area contributed by atoms with Crippen LogP contribution in [0.3, 0.4) is 0 Å². The smallest absolute Gasteiger partial charge is 0.271 e. The molecule has 0 spiro atoms. The van der Waals surface area contributed by atoms with Crippen LogP contribution in [0.5, 0.6) is 0 Å². The summed E-state index contributed by atoms with van der Waals surface area (Å²) in [6.45, 7) is 4.17. The Morgan fingerprint density at radius 3 is 2.96 bits per heavy atom. The lowest BCUT2D eigenvalue weighted by atomic mass is 9.98. The van der Waals surface area contributed by atoms with Crippen molar-refractivity contribution in [2.24, 2.45) is 0 Å². The minimum Gasteiger partial charge on any atom is -0.470 e. The maximum absolute atomic E-state index is 12.3. The van der Waals surface area contributed by atoms with Crippen LogP contribution in [-0.4, -0.2) is 20.2 Å². The van der Waals surface area contributed by atoms with Gasteiger partial charge in [-0.1, -0.05) is 12.1 Å². The third-order valence-electron chi connectivity index (χ3n) is 3.38. The monoisotopic (exact) mass is 366 g/mol. The van der Waals surface area contributed by atoms with E-state index >= 15 is 0 Å². The lowest BCUT2D eigenvalue weighted by Crippen LogP contribution is -2.12. The van der Waals surface area contributed by atoms with Gasteiger partial charge >= 0.3 is 0 Å². The minimum absolute atomic E-state index is 0.0795. The molecule has 120 valence electrons. The van der Waals surface area contributed by atoms with Crippen molar-refractivity contribution in [2.75, 3.05) is 16.6 Å². The SMILES string of the molecule is C=CC1COC(=S)Nc2ccc(NS(=O)(=O)c3cccs3)cc21. The average Bonchev–Trinajstić information content (AvgIpc) is 3.00. The molecule has 0 bridgehead atoms. The molecular weight excluding hydrogens is 352 g/mol. The van der Waals surface area contributed by atoms with Gasteiger partial charge in [-0.2, -0.15) is 0 Å². The molecule has 1 atom stereocenters. The van der Waals surface area contributed by atoms with E-state index in [2.05, 4.69) is 16.6 Å². The van der Waals surface area contributed by atoms with Crippen molar-refractivity contribution in [1.29, 1.82) is 0 Å². The molecule has 3 rings (SSSR count). The van der Waals surface area contributed by atoms with Crippen LogP contribution in [0.1, 0.15) is 11.5 Å². The fourth-order valence-electron chi connectivity index (χ4n) is 2.26. The lowest BCUT2D eigenvalue weighted by Gasteiger charge is -2.14. The van der Waals surface area contributed by atoms with E-state index in [1.54, 1.807) is 41.8 Å². The van der Waals surface area contributed by atoms with Gasteiger partial charge in [0.15, 0.2) is 0 Å². The Bertz CT molecular complexity index is 845. The number of anilines is 2. The highest BCUT2D eigenvalue weighted by Gasteiger charge is 2.21. The molecule has 1 aromatic heterocycles. The fourth-order valence-corrected chi connectivity index (χ4v) is 4.49. The van der Waals surface area contributed by atoms with Gasteiger partial charge in [0.1, 0.15) is 10.8 Å². The van der Waals surface area contributed by atoms with Crippen molar-refractivity contribution < 1.29 is 13.2 Å². The van der Waals surface area contributed by atoms with Crippen LogP contribution in [0.15, 0.2) is 52.6 Å². The molecule has 0 fully saturated rings. The third kappa shape index (κ3) is 3.39. The van der Waals surface area contributed by atoms with Crippen LogP contribution in [-0.2, 0) is 14.8 Å². The largest absolute Gasteiger partial charge is 0.470 e. The third-order valence-corrected chi connectivity index (χ3v) is 6.38. The first-order valence-corrected chi connectivity index (χ1v) is 9.53. The van der Waals surface area contributed by atoms with E-state index in [0.717, 1.165) is 11.3 Å². The zero-order valence-corrected chi connectivity index (χ0v) is 14.4. The molecule has 8 heteroatoms. The van der Waals surface area contributed by atoms with Crippen molar-refractivity contribution in [1.82, 2.24) is 0 Å². The Morgan fingerprint density at radius 1 is 1.43 bits per heavy atom. The first-order valence-electron chi connectivity index (χ1n) is 6.76. The Labute approximate surface area is 144 Å². The van der Waals surface area contributed by atoms with E-state index in [1.807, 2.05) is 0 Å². The lowest BCUT2D eigenvalue weighted by molar-refractivity contribution is 0.304. The van der Waals surface area contributed by atoms with Crippen LogP contribution in [0, 0.1) is 0 Å². The van der Waals surface area contributed by atoms with E-state index in [9.17, 15) is 8.42 Å². The Balaban J connectivity index is 1.95. The highest BCUT2D eigenvalue weighted by atomic mass is 32.2. The van der Waals surface area contributed by atoms with Crippen LogP contribution in [0.4, 0.5) is 11.4 Å². The zero-order valence-electron chi connectivity index (χ0n) is 12.0. The number of fused-ring (bicyclic) bond motifs is 1. The molecule has 0 aliphatic carbocycles. The van der Waals surface area contributed by atoms with Gasteiger partial charge in [0.2, 0.25) is 0 Å². The second-order valence-electron chi connectivity index (χ2n) is 4.91. The number of thiophene rings is 1. The van der Waals surface area contributed by atoms with Gasteiger partial charge in [-0.3, -0.25) is 4.72 Å². The Hall–Kier alpha value is -1.90. The van der Waals surface area contributed by atoms with Crippen LogP contribution >= 0.6 is 23.6 Å². The van der Waals surface area contributed by atoms with E-state index in [1.165, 1.54) is 11.3 Å². The van der Waals surface area contributed by atoms with Gasteiger partial charge in [0.25, 0.3) is 15.2 Å². The highest BCUT2D eigenvalue weighted by molar-refractivity contribution is 7.94. The Morgan fingerprint density at radius 2 is 2.26 bits per heavy atom. The molecule has 0 amide bonds. The van der Waals surface area contributed by atoms with Crippen molar-refractivity contribution in [3.63, 3.8) is 0 Å². The quantitative estimate of drug-likeness (QED) is 0.640. The van der Waals surface area contributed by atoms with Gasteiger partial charge in [-0.05, 0) is 47.4 Å². The molecule has 2 aromatic rings. The normalized spacial score (nSPS) is 17.4. The van der Waals surface area contributed by atoms with Gasteiger partial charge in [-0.25, -0.2) is 8.42 Å². The highest BCUT2D eigenvalue weighted by Crippen LogP contribution is 2.32. The first-order chi connectivity index (χ1) is 11.0. The summed E-state index contributed by atoms with van der Waals surface area (Å²) in [5.74, 6) is -0.0795. The molecule has 0 radical (unpaired) electrons. The number of hydrogen-bond donors (Lipinski definition) is 2. The molecule has 23 heavy (non-hydrogen) atoms. The number of benzene rings is 1. The topological polar surface area (TPSA) is 67.4 Å². The zero-order chi connectivity index (χ0) is 16.4. The summed E-state index contributed by atoms with van der Waals surface area (Å²) in [5.41, 5.74) is 2.15. The second kappa shape index (κ2) is 6.31. The number of hydrogen-bond acceptors (Lipinski definition) is 5. The number of ether oxygens (including phenoxy) is 1. The van der Waals surface area contributed by atoms with E-state index in [0.29, 0.717) is 17.5 Å². The summed E-state index contributed by atoms with van der Waals surface area (Å²) < 4.78 is 32.9. The predicted molar refractivity (Wildman–Crippen MR) is 96.7 cm³/mol. The van der Waals surface area contributed by atoms with Gasteiger partial charge in [-0.15, -0.1) is 17.9 Å². The summed E-state index contributed by atoms with van der Waals surface area (Å²) in [6.07, 6.45) is 1.76. The van der Waals surface area contributed by atoms with Gasteiger partial charge in [0, 0.05) is 17.3 Å². The van der Waals surface area contributed by atoms with Crippen molar-refractivity contribution >= 4 is 50.1 Å². The molecule has 2 N–H and O–H groups in total. The minimum atomic E-state index is -3.58. The van der Waals surface area contributed by atoms with Gasteiger partial charge in [0.05, 0.1) is 0 Å². The predicted octanol–water partition coefficient (Wildman–Crippen LogP) is 3.55. The van der Waals surface area contributed by atoms with Crippen LogP contribution in [0.25, 0.3) is 0 Å². The molecular formula is C15H14N2O3S3. The molecule has 1 aliphatic heterocycles. The van der Waals surface area contributed by atoms with E-state index in [-0.39, 0.29) is 10.1 Å². The van der Waals surface area contributed by atoms with Crippen LogP contribution < -0.4 is 10.0 Å². The van der Waals surface area contributed by atoms with Crippen molar-refractivity contribution in [3.8, 4) is 0 Å². The molecule has 5 nitrogen and oxygen atoms in total. The summed E-state index contributed by atoms with van der Waals surface area (Å²) >= 11 is 6.24. The summed E-state index contributed by atoms with van der Waals surface area (Å²) in [4.78, 5) is 0. The number of nitrogens with one attached hydrogen (secondary N) is 2. The van der Waals surface area contributed by atoms with Gasteiger partial charge < -0.3 is 10.1 Å². The second-order valence-corrected chi connectivity index (χ2v) is 8.13. The van der Waals surface area contributed by atoms with Crippen LogP contribution in [0.2, 0.25) is 0 Å². The van der Waals surface area contributed by atoms with Crippen molar-refractivity contribution in [2.45, 2.75) is 10.1 Å². The first kappa shape index (κ1) is 16.0. The molecule has 1 aromatic carbocycles. The molecule has 2 heterocycles. The van der Waals surface area contributed by atoms with Crippen molar-refractivity contribution in [3.05, 3.63) is 53.9 Å². The maximum Gasteiger partial charge on any atom is 0.271 e. The molecule has 1 unspecified atom stereocenters. The van der Waals surface area contributed by atoms with E-state index in [4.69, 9.17) is 17.0 Å². The standard InChI is InChI=1S/C15H14N2O3S3/c1-2-10-9-20-15(21)16-13-6-5-11(8-12(10)13)17-23(18,19)14-4-3-7-22-14/h2-8,10,17H,1,9H2,(H,16,21). The summed E-state index contributed by atoms with van der Waals surface area (Å²) in [5, 5.41) is 5.01. The number of thiocarbonyl (C=S) groups is 1. The summed E-state index contributed by atoms with van der Waals surface area (Å²) in [7, 11) is -3.58. The average molecular weight is 366 g/mol. The van der Waals surface area contributed by atoms with E-state index < -0.39 is 10.0 Å². The maximum atomic E-state index is 12.3. The molecule has 0 saturated carbocycles. The summed E-state index contributed by atoms with van der Waals surface area (Å²) in [6, 6.07) is 8.50. The fraction of sp³-hybridized carbons (Fsp3) is 0.133. The molecule has 1 aliphatic rings. The molecule has 0 saturated heterocycles.